The Kier molecular flexibility index (Phi) is 3.55. The van der Waals surface area contributed by atoms with E-state index in [-0.39, 0.29) is 17.7 Å². The fourth-order valence-electron chi connectivity index (χ4n) is 1.49. The first-order valence-corrected chi connectivity index (χ1v) is 5.33. The number of amidine groups is 1. The van der Waals surface area contributed by atoms with Crippen LogP contribution >= 0.6 is 0 Å². The van der Waals surface area contributed by atoms with Gasteiger partial charge in [-0.15, -0.1) is 0 Å². The number of rotatable bonds is 4. The van der Waals surface area contributed by atoms with Crippen LogP contribution in [0.4, 0.5) is 0 Å². The molecule has 5 heteroatoms. The Morgan fingerprint density at radius 2 is 2.27 bits per heavy atom. The molecule has 1 amide bonds. The summed E-state index contributed by atoms with van der Waals surface area (Å²) in [7, 11) is 0. The van der Waals surface area contributed by atoms with Gasteiger partial charge in [0.05, 0.1) is 5.54 Å². The molecule has 1 aliphatic rings. The van der Waals surface area contributed by atoms with Crippen LogP contribution in [0.15, 0.2) is 5.16 Å². The number of amides is 1. The normalized spacial score (nSPS) is 21.6. The predicted molar refractivity (Wildman–Crippen MR) is 57.6 cm³/mol. The number of nitrogens with one attached hydrogen (secondary N) is 1. The molecule has 1 saturated carbocycles. The van der Waals surface area contributed by atoms with Crippen LogP contribution in [0.3, 0.4) is 0 Å². The minimum Gasteiger partial charge on any atom is -0.409 e. The average molecular weight is 213 g/mol. The van der Waals surface area contributed by atoms with Gasteiger partial charge in [-0.25, -0.2) is 0 Å². The Labute approximate surface area is 89.7 Å². The van der Waals surface area contributed by atoms with Crippen molar-refractivity contribution in [3.8, 4) is 0 Å². The Hall–Kier alpha value is -1.26. The number of hydrogen-bond acceptors (Lipinski definition) is 3. The van der Waals surface area contributed by atoms with Gasteiger partial charge in [-0.3, -0.25) is 4.79 Å². The van der Waals surface area contributed by atoms with Crippen molar-refractivity contribution in [1.29, 1.82) is 0 Å². The van der Waals surface area contributed by atoms with Gasteiger partial charge >= 0.3 is 0 Å². The monoisotopic (exact) mass is 213 g/mol. The smallest absolute Gasteiger partial charge is 0.223 e. The third-order valence-electron chi connectivity index (χ3n) is 3.26. The zero-order chi connectivity index (χ0) is 11.5. The Morgan fingerprint density at radius 1 is 1.67 bits per heavy atom. The van der Waals surface area contributed by atoms with E-state index in [2.05, 4.69) is 10.5 Å². The largest absolute Gasteiger partial charge is 0.409 e. The van der Waals surface area contributed by atoms with E-state index < -0.39 is 5.54 Å². The van der Waals surface area contributed by atoms with Crippen molar-refractivity contribution in [2.24, 2.45) is 16.8 Å². The summed E-state index contributed by atoms with van der Waals surface area (Å²) in [6, 6.07) is 0. The summed E-state index contributed by atoms with van der Waals surface area (Å²) >= 11 is 0. The van der Waals surface area contributed by atoms with Crippen molar-refractivity contribution in [3.63, 3.8) is 0 Å². The SMILES string of the molecule is CCC(C)(NC(=O)C1CCC1)/C(N)=N/O. The second-order valence-corrected chi connectivity index (χ2v) is 4.29. The molecule has 0 aromatic carbocycles. The van der Waals surface area contributed by atoms with Gasteiger partial charge in [0.2, 0.25) is 5.91 Å². The quantitative estimate of drug-likeness (QED) is 0.279. The fourth-order valence-corrected chi connectivity index (χ4v) is 1.49. The molecule has 5 nitrogen and oxygen atoms in total. The number of carbonyl (C=O) groups excluding carboxylic acids is 1. The number of oxime groups is 1. The highest BCUT2D eigenvalue weighted by atomic mass is 16.4. The molecule has 1 unspecified atom stereocenters. The molecule has 0 bridgehead atoms. The number of nitrogens with two attached hydrogens (primary N) is 1. The molecular weight excluding hydrogens is 194 g/mol. The van der Waals surface area contributed by atoms with E-state index >= 15 is 0 Å². The van der Waals surface area contributed by atoms with Crippen molar-refractivity contribution in [3.05, 3.63) is 0 Å². The molecule has 4 N–H and O–H groups in total. The molecule has 86 valence electrons. The molecule has 15 heavy (non-hydrogen) atoms. The first-order valence-electron chi connectivity index (χ1n) is 5.33. The van der Waals surface area contributed by atoms with Crippen LogP contribution in [-0.2, 0) is 4.79 Å². The highest BCUT2D eigenvalue weighted by Gasteiger charge is 2.34. The molecule has 0 aliphatic heterocycles. The second-order valence-electron chi connectivity index (χ2n) is 4.29. The number of carbonyl (C=O) groups is 1. The second kappa shape index (κ2) is 4.51. The molecule has 1 atom stereocenters. The lowest BCUT2D eigenvalue weighted by molar-refractivity contribution is -0.128. The summed E-state index contributed by atoms with van der Waals surface area (Å²) in [6.45, 7) is 3.65. The first kappa shape index (κ1) is 11.8. The van der Waals surface area contributed by atoms with Gasteiger partial charge in [0.25, 0.3) is 0 Å². The summed E-state index contributed by atoms with van der Waals surface area (Å²) in [5.41, 5.74) is 4.82. The van der Waals surface area contributed by atoms with Crippen molar-refractivity contribution < 1.29 is 10.0 Å². The summed E-state index contributed by atoms with van der Waals surface area (Å²) < 4.78 is 0. The van der Waals surface area contributed by atoms with Gasteiger partial charge < -0.3 is 16.3 Å². The van der Waals surface area contributed by atoms with E-state index in [0.29, 0.717) is 6.42 Å². The lowest BCUT2D eigenvalue weighted by Gasteiger charge is -2.32. The van der Waals surface area contributed by atoms with E-state index in [1.807, 2.05) is 6.92 Å². The lowest BCUT2D eigenvalue weighted by atomic mass is 9.83. The topological polar surface area (TPSA) is 87.7 Å². The van der Waals surface area contributed by atoms with Crippen molar-refractivity contribution in [2.45, 2.75) is 45.1 Å². The fraction of sp³-hybridized carbons (Fsp3) is 0.800. The van der Waals surface area contributed by atoms with E-state index in [0.717, 1.165) is 19.3 Å². The van der Waals surface area contributed by atoms with Crippen LogP contribution in [0.2, 0.25) is 0 Å². The standard InChI is InChI=1S/C10H19N3O2/c1-3-10(2,9(11)13-15)12-8(14)7-5-4-6-7/h7,15H,3-6H2,1-2H3,(H2,11,13)(H,12,14). The zero-order valence-electron chi connectivity index (χ0n) is 9.29. The van der Waals surface area contributed by atoms with Crippen LogP contribution in [-0.4, -0.2) is 22.5 Å². The highest BCUT2D eigenvalue weighted by molar-refractivity contribution is 5.94. The molecular formula is C10H19N3O2. The Balaban J connectivity index is 2.62. The average Bonchev–Trinajstić information content (AvgIpc) is 2.13. The maximum atomic E-state index is 11.7. The van der Waals surface area contributed by atoms with Gasteiger partial charge in [-0.05, 0) is 26.2 Å². The zero-order valence-corrected chi connectivity index (χ0v) is 9.29. The van der Waals surface area contributed by atoms with Gasteiger partial charge in [-0.1, -0.05) is 18.5 Å². The Bertz CT molecular complexity index is 274. The van der Waals surface area contributed by atoms with Gasteiger partial charge in [0.1, 0.15) is 0 Å². The van der Waals surface area contributed by atoms with Crippen LogP contribution in [0.1, 0.15) is 39.5 Å². The van der Waals surface area contributed by atoms with Gasteiger partial charge in [-0.2, -0.15) is 0 Å². The van der Waals surface area contributed by atoms with Crippen LogP contribution in [0.5, 0.6) is 0 Å². The van der Waals surface area contributed by atoms with Crippen molar-refractivity contribution in [1.82, 2.24) is 5.32 Å². The van der Waals surface area contributed by atoms with Crippen molar-refractivity contribution in [2.75, 3.05) is 0 Å². The molecule has 0 heterocycles. The number of hydrogen-bond donors (Lipinski definition) is 3. The van der Waals surface area contributed by atoms with Gasteiger partial charge in [0.15, 0.2) is 5.84 Å². The molecule has 0 radical (unpaired) electrons. The van der Waals surface area contributed by atoms with E-state index in [1.54, 1.807) is 6.92 Å². The molecule has 0 aromatic heterocycles. The molecule has 1 aliphatic carbocycles. The summed E-state index contributed by atoms with van der Waals surface area (Å²) in [5, 5.41) is 14.4. The lowest BCUT2D eigenvalue weighted by Crippen LogP contribution is -2.56. The molecule has 1 rings (SSSR count). The maximum absolute atomic E-state index is 11.7. The molecule has 0 aromatic rings. The first-order chi connectivity index (χ1) is 7.03. The molecule has 0 spiro atoms. The van der Waals surface area contributed by atoms with E-state index in [1.165, 1.54) is 0 Å². The molecule has 0 saturated heterocycles. The van der Waals surface area contributed by atoms with Crippen LogP contribution in [0.25, 0.3) is 0 Å². The predicted octanol–water partition coefficient (Wildman–Crippen LogP) is 0.818. The number of nitrogens with zero attached hydrogens (tertiary/aromatic N) is 1. The minimum atomic E-state index is -0.735. The van der Waals surface area contributed by atoms with E-state index in [4.69, 9.17) is 10.9 Å². The third-order valence-corrected chi connectivity index (χ3v) is 3.26. The highest BCUT2D eigenvalue weighted by Crippen LogP contribution is 2.27. The van der Waals surface area contributed by atoms with Gasteiger partial charge in [0, 0.05) is 5.92 Å². The van der Waals surface area contributed by atoms with E-state index in [9.17, 15) is 4.79 Å². The molecule has 1 fully saturated rings. The summed E-state index contributed by atoms with van der Waals surface area (Å²) in [4.78, 5) is 11.7. The van der Waals surface area contributed by atoms with Crippen LogP contribution < -0.4 is 11.1 Å². The Morgan fingerprint density at radius 3 is 2.60 bits per heavy atom. The summed E-state index contributed by atoms with van der Waals surface area (Å²) in [5.74, 6) is 0.178. The van der Waals surface area contributed by atoms with Crippen molar-refractivity contribution >= 4 is 11.7 Å². The summed E-state index contributed by atoms with van der Waals surface area (Å²) in [6.07, 6.45) is 3.61. The van der Waals surface area contributed by atoms with Crippen LogP contribution in [0, 0.1) is 5.92 Å². The maximum Gasteiger partial charge on any atom is 0.223 e. The minimum absolute atomic E-state index is 0.0113. The third kappa shape index (κ3) is 2.40.